The molecule has 0 saturated heterocycles. The topological polar surface area (TPSA) is 12.0 Å². The van der Waals surface area contributed by atoms with Crippen molar-refractivity contribution in [3.05, 3.63) is 12.3 Å². The fourth-order valence-corrected chi connectivity index (χ4v) is 0.378. The van der Waals surface area contributed by atoms with Gasteiger partial charge in [-0.05, 0) is 26.5 Å². The zero-order chi connectivity index (χ0) is 6.41. The van der Waals surface area contributed by atoms with Crippen LogP contribution in [0.5, 0.6) is 0 Å². The van der Waals surface area contributed by atoms with Gasteiger partial charge in [-0.15, -0.1) is 0 Å². The summed E-state index contributed by atoms with van der Waals surface area (Å²) < 4.78 is 0. The van der Waals surface area contributed by atoms with E-state index >= 15 is 0 Å². The van der Waals surface area contributed by atoms with E-state index in [1.807, 2.05) is 6.20 Å². The molecule has 1 nitrogen and oxygen atoms in total. The minimum Gasteiger partial charge on any atom is -0.389 e. The van der Waals surface area contributed by atoms with Crippen molar-refractivity contribution < 1.29 is 0 Å². The van der Waals surface area contributed by atoms with Gasteiger partial charge in [0, 0.05) is 6.04 Å². The third-order valence-corrected chi connectivity index (χ3v) is 0.783. The molecule has 0 rings (SSSR count). The lowest BCUT2D eigenvalue weighted by molar-refractivity contribution is 0.700. The smallest absolute Gasteiger partial charge is 0.0199 e. The third-order valence-electron chi connectivity index (χ3n) is 0.783. The van der Waals surface area contributed by atoms with E-state index in [1.165, 1.54) is 0 Å². The van der Waals surface area contributed by atoms with Gasteiger partial charge in [0.15, 0.2) is 0 Å². The molecule has 1 N–H and O–H groups in total. The first kappa shape index (κ1) is 7.54. The molecule has 0 aliphatic rings. The van der Waals surface area contributed by atoms with E-state index in [4.69, 9.17) is 0 Å². The summed E-state index contributed by atoms with van der Waals surface area (Å²) >= 11 is 0. The lowest BCUT2D eigenvalue weighted by atomic mass is 10.4. The van der Waals surface area contributed by atoms with Crippen LogP contribution in [-0.2, 0) is 0 Å². The highest BCUT2D eigenvalue weighted by atomic mass is 14.9. The van der Waals surface area contributed by atoms with Gasteiger partial charge in [-0.3, -0.25) is 0 Å². The van der Waals surface area contributed by atoms with Gasteiger partial charge in [0.2, 0.25) is 0 Å². The number of nitrogens with one attached hydrogen (secondary N) is 1. The highest BCUT2D eigenvalue weighted by Crippen LogP contribution is 1.78. The Morgan fingerprint density at radius 2 is 2.12 bits per heavy atom. The molecule has 0 bridgehead atoms. The first-order chi connectivity index (χ1) is 3.77. The van der Waals surface area contributed by atoms with Gasteiger partial charge in [-0.2, -0.15) is 0 Å². The molecule has 1 heteroatoms. The predicted molar refractivity (Wildman–Crippen MR) is 37.7 cm³/mol. The lowest BCUT2D eigenvalue weighted by Crippen LogP contribution is -2.14. The molecule has 8 heavy (non-hydrogen) atoms. The predicted octanol–water partition coefficient (Wildman–Crippen LogP) is 1.91. The van der Waals surface area contributed by atoms with Crippen molar-refractivity contribution in [3.63, 3.8) is 0 Å². The van der Waals surface area contributed by atoms with Crippen LogP contribution in [0.3, 0.4) is 0 Å². The first-order valence-electron chi connectivity index (χ1n) is 3.18. The highest BCUT2D eigenvalue weighted by molar-refractivity contribution is 4.78. The second-order valence-corrected chi connectivity index (χ2v) is 2.13. The largest absolute Gasteiger partial charge is 0.389 e. The highest BCUT2D eigenvalue weighted by Gasteiger charge is 1.80. The van der Waals surface area contributed by atoms with Gasteiger partial charge in [0.25, 0.3) is 0 Å². The Kier molecular flexibility index (Phi) is 4.42. The quantitative estimate of drug-likeness (QED) is 0.589. The number of allylic oxidation sites excluding steroid dienone is 1. The minimum absolute atomic E-state index is 0.567. The van der Waals surface area contributed by atoms with E-state index in [-0.39, 0.29) is 0 Å². The number of rotatable bonds is 3. The second-order valence-electron chi connectivity index (χ2n) is 2.13. The lowest BCUT2D eigenvalue weighted by Gasteiger charge is -2.01. The van der Waals surface area contributed by atoms with Crippen LogP contribution >= 0.6 is 0 Å². The zero-order valence-electron chi connectivity index (χ0n) is 5.94. The van der Waals surface area contributed by atoms with E-state index in [2.05, 4.69) is 32.2 Å². The van der Waals surface area contributed by atoms with Gasteiger partial charge in [-0.25, -0.2) is 0 Å². The Morgan fingerprint density at radius 3 is 2.50 bits per heavy atom. The molecule has 0 aliphatic carbocycles. The molecule has 0 saturated carbocycles. The second kappa shape index (κ2) is 4.69. The number of hydrogen-bond donors (Lipinski definition) is 1. The molecule has 0 aromatic rings. The fraction of sp³-hybridized carbons (Fsp3) is 0.714. The first-order valence-corrected chi connectivity index (χ1v) is 3.18. The van der Waals surface area contributed by atoms with Gasteiger partial charge in [0.1, 0.15) is 0 Å². The van der Waals surface area contributed by atoms with Gasteiger partial charge < -0.3 is 5.32 Å². The van der Waals surface area contributed by atoms with Gasteiger partial charge >= 0.3 is 0 Å². The molecule has 0 spiro atoms. The maximum Gasteiger partial charge on any atom is 0.0199 e. The van der Waals surface area contributed by atoms with Crippen LogP contribution in [0.4, 0.5) is 0 Å². The van der Waals surface area contributed by atoms with Crippen molar-refractivity contribution in [1.82, 2.24) is 5.32 Å². The average Bonchev–Trinajstić information content (AvgIpc) is 1.66. The summed E-state index contributed by atoms with van der Waals surface area (Å²) in [5.41, 5.74) is 0. The van der Waals surface area contributed by atoms with Crippen LogP contribution in [-0.4, -0.2) is 6.04 Å². The van der Waals surface area contributed by atoms with E-state index < -0.39 is 0 Å². The monoisotopic (exact) mass is 113 g/mol. The van der Waals surface area contributed by atoms with Crippen LogP contribution in [0.15, 0.2) is 12.3 Å². The summed E-state index contributed by atoms with van der Waals surface area (Å²) in [6.45, 7) is 6.37. The summed E-state index contributed by atoms with van der Waals surface area (Å²) in [6, 6.07) is 0.567. The maximum absolute atomic E-state index is 3.17. The normalized spacial score (nSPS) is 11.0. The molecular weight excluding hydrogens is 98.1 g/mol. The van der Waals surface area contributed by atoms with Crippen molar-refractivity contribution in [2.75, 3.05) is 0 Å². The van der Waals surface area contributed by atoms with Gasteiger partial charge in [-0.1, -0.05) is 13.0 Å². The van der Waals surface area contributed by atoms with Crippen LogP contribution in [0.1, 0.15) is 27.2 Å². The fourth-order valence-electron chi connectivity index (χ4n) is 0.378. The molecule has 0 aliphatic heterocycles. The van der Waals surface area contributed by atoms with Gasteiger partial charge in [0.05, 0.1) is 0 Å². The van der Waals surface area contributed by atoms with Crippen molar-refractivity contribution in [3.8, 4) is 0 Å². The Morgan fingerprint density at radius 1 is 1.50 bits per heavy atom. The Hall–Kier alpha value is -0.460. The Labute approximate surface area is 51.8 Å². The van der Waals surface area contributed by atoms with Crippen LogP contribution in [0, 0.1) is 0 Å². The van der Waals surface area contributed by atoms with Crippen molar-refractivity contribution in [2.24, 2.45) is 0 Å². The molecule has 0 aromatic heterocycles. The summed E-state index contributed by atoms with van der Waals surface area (Å²) in [5, 5.41) is 3.17. The molecular formula is C7H15N. The summed E-state index contributed by atoms with van der Waals surface area (Å²) in [7, 11) is 0. The molecule has 48 valence electrons. The van der Waals surface area contributed by atoms with E-state index in [1.54, 1.807) is 0 Å². The zero-order valence-corrected chi connectivity index (χ0v) is 5.94. The molecule has 0 heterocycles. The van der Waals surface area contributed by atoms with Crippen molar-refractivity contribution in [2.45, 2.75) is 33.2 Å². The average molecular weight is 113 g/mol. The van der Waals surface area contributed by atoms with Crippen molar-refractivity contribution in [1.29, 1.82) is 0 Å². The number of hydrogen-bond acceptors (Lipinski definition) is 1. The van der Waals surface area contributed by atoms with Crippen molar-refractivity contribution >= 4 is 0 Å². The Balaban J connectivity index is 3.03. The minimum atomic E-state index is 0.567. The standard InChI is InChI=1S/C7H15N/c1-4-5-6-8-7(2)3/h5-8H,4H2,1-3H3. The summed E-state index contributed by atoms with van der Waals surface area (Å²) in [6.07, 6.45) is 5.23. The molecule has 0 aromatic carbocycles. The van der Waals surface area contributed by atoms with Crippen LogP contribution < -0.4 is 5.32 Å². The summed E-state index contributed by atoms with van der Waals surface area (Å²) in [5.74, 6) is 0. The van der Waals surface area contributed by atoms with Crippen LogP contribution in [0.25, 0.3) is 0 Å². The molecule has 0 unspecified atom stereocenters. The molecule has 0 atom stereocenters. The molecule has 0 amide bonds. The maximum atomic E-state index is 3.17. The third kappa shape index (κ3) is 5.54. The van der Waals surface area contributed by atoms with E-state index in [0.29, 0.717) is 6.04 Å². The molecule has 0 radical (unpaired) electrons. The summed E-state index contributed by atoms with van der Waals surface area (Å²) in [4.78, 5) is 0. The SMILES string of the molecule is CCC=CNC(C)C. The van der Waals surface area contributed by atoms with Crippen LogP contribution in [0.2, 0.25) is 0 Å². The Bertz CT molecular complexity index is 64.8. The van der Waals surface area contributed by atoms with E-state index in [9.17, 15) is 0 Å². The molecule has 0 fully saturated rings. The van der Waals surface area contributed by atoms with E-state index in [0.717, 1.165) is 6.42 Å².